The van der Waals surface area contributed by atoms with Crippen LogP contribution in [0.1, 0.15) is 95.9 Å². The normalized spacial score (nSPS) is 19.8. The molecule has 1 aliphatic heterocycles. The number of unbranched alkanes of at least 4 members (excludes halogenated alkanes) is 4. The standard InChI is InChI=1S/C37H46F2N2O7S2.K/c1-36(2)26(22-32-30(36)24-28(50(45,46)47)25-40(32)20-12-6-10-16-34(38)42)14-8-5-9-15-33-37(3,4)29-23-27(49-48-44)18-19-31(29)41(33)21-13-7-11-17-35(39)43;/h5,8-9,14-15,18-19,23-25,33H,6-7,10-13,16-17,20-22H2,1-4H3,(H-,44,45,46,47);/q;+1/b8-5+,15-9+,26-14-;. The Morgan fingerprint density at radius 1 is 0.980 bits per heavy atom. The Kier molecular flexibility index (Phi) is 16.6. The smallest absolute Gasteiger partial charge is 0.744 e. The van der Waals surface area contributed by atoms with E-state index in [1.807, 2.05) is 60.9 Å². The molecule has 1 N–H and O–H groups in total. The molecule has 0 radical (unpaired) electrons. The second-order valence-corrected chi connectivity index (χ2v) is 16.3. The van der Waals surface area contributed by atoms with Crippen molar-refractivity contribution in [3.8, 4) is 0 Å². The monoisotopic (exact) mass is 771 g/mol. The van der Waals surface area contributed by atoms with Crippen LogP contribution in [0.3, 0.4) is 0 Å². The molecule has 9 nitrogen and oxygen atoms in total. The Morgan fingerprint density at radius 2 is 1.65 bits per heavy atom. The van der Waals surface area contributed by atoms with Crippen LogP contribution in [0.15, 0.2) is 76.2 Å². The third kappa shape index (κ3) is 11.3. The molecule has 0 saturated carbocycles. The largest absolute Gasteiger partial charge is 1.00 e. The Bertz CT molecular complexity index is 1780. The number of aryl methyl sites for hydroxylation is 1. The van der Waals surface area contributed by atoms with Gasteiger partial charge in [-0.05, 0) is 75.8 Å². The van der Waals surface area contributed by atoms with Gasteiger partial charge in [0.1, 0.15) is 33.3 Å². The van der Waals surface area contributed by atoms with E-state index in [9.17, 15) is 36.6 Å². The fourth-order valence-electron chi connectivity index (χ4n) is 7.30. The maximum absolute atomic E-state index is 12.7. The van der Waals surface area contributed by atoms with Crippen LogP contribution in [0.25, 0.3) is 0 Å². The van der Waals surface area contributed by atoms with Gasteiger partial charge in [-0.2, -0.15) is 8.78 Å². The number of hydrogen-bond donors (Lipinski definition) is 1. The van der Waals surface area contributed by atoms with E-state index in [0.29, 0.717) is 38.6 Å². The number of carbonyl (C=O) groups excluding carboxylic acids is 2. The Morgan fingerprint density at radius 3 is 2.27 bits per heavy atom. The summed E-state index contributed by atoms with van der Waals surface area (Å²) in [7, 11) is -4.70. The second-order valence-electron chi connectivity index (χ2n) is 14.1. The van der Waals surface area contributed by atoms with Crippen LogP contribution in [0.2, 0.25) is 0 Å². The number of carbonyl (C=O) groups is 2. The molecule has 0 spiro atoms. The van der Waals surface area contributed by atoms with Crippen molar-refractivity contribution in [1.82, 2.24) is 0 Å². The van der Waals surface area contributed by atoms with Crippen LogP contribution in [0, 0.1) is 0 Å². The summed E-state index contributed by atoms with van der Waals surface area (Å²) in [5.41, 5.74) is 4.14. The van der Waals surface area contributed by atoms with Crippen LogP contribution >= 0.6 is 12.0 Å². The summed E-state index contributed by atoms with van der Waals surface area (Å²) in [5, 5.41) is 10.8. The van der Waals surface area contributed by atoms with Crippen molar-refractivity contribution in [1.29, 1.82) is 0 Å². The maximum Gasteiger partial charge on any atom is 1.00 e. The summed E-state index contributed by atoms with van der Waals surface area (Å²) in [4.78, 5) is 23.1. The van der Waals surface area contributed by atoms with Gasteiger partial charge in [-0.1, -0.05) is 38.2 Å². The van der Waals surface area contributed by atoms with Crippen LogP contribution in [-0.2, 0) is 47.8 Å². The van der Waals surface area contributed by atoms with Gasteiger partial charge in [-0.3, -0.25) is 14.5 Å². The molecule has 2 unspecified atom stereocenters. The third-order valence-corrected chi connectivity index (χ3v) is 11.4. The summed E-state index contributed by atoms with van der Waals surface area (Å²) >= 11 is 0.774. The molecule has 0 amide bonds. The number of nitrogens with zero attached hydrogens (tertiary/aromatic N) is 1. The van der Waals surface area contributed by atoms with Crippen molar-refractivity contribution in [2.75, 3.05) is 6.54 Å². The van der Waals surface area contributed by atoms with Crippen molar-refractivity contribution in [3.63, 3.8) is 0 Å². The van der Waals surface area contributed by atoms with Gasteiger partial charge < -0.3 is 14.1 Å². The Labute approximate surface area is 346 Å². The van der Waals surface area contributed by atoms with Gasteiger partial charge in [0.25, 0.3) is 0 Å². The van der Waals surface area contributed by atoms with Crippen LogP contribution in [0.5, 0.6) is 0 Å². The first-order valence-electron chi connectivity index (χ1n) is 17.0. The number of aromatic nitrogens is 1. The van der Waals surface area contributed by atoms with Gasteiger partial charge in [0.15, 0.2) is 11.9 Å². The summed E-state index contributed by atoms with van der Waals surface area (Å²) in [5.74, 6) is 0. The average molecular weight is 772 g/mol. The summed E-state index contributed by atoms with van der Waals surface area (Å²) in [6.07, 6.45) is 15.5. The maximum atomic E-state index is 12.7. The first kappa shape index (κ1) is 44.0. The molecule has 1 aliphatic carbocycles. The SMILES string of the molecule is CC1(C)\C(=C/C=C/C=C/C2[NH+](CCCCCC(=O)F)c3ccc(SO[O-])cc3C2(C)C)Cc2c1cc(S(=O)(=O)[O-])c[n+]2CCCCCC(=O)F.[K+]. The topological polar surface area (TPSA) is 132 Å². The van der Waals surface area contributed by atoms with E-state index < -0.39 is 27.6 Å². The van der Waals surface area contributed by atoms with Gasteiger partial charge in [0.05, 0.1) is 18.4 Å². The zero-order valence-electron chi connectivity index (χ0n) is 30.0. The van der Waals surface area contributed by atoms with E-state index in [1.165, 1.54) is 17.2 Å². The molecule has 0 fully saturated rings. The molecule has 2 atom stereocenters. The zero-order valence-corrected chi connectivity index (χ0v) is 34.8. The predicted octanol–water partition coefficient (Wildman–Crippen LogP) is 2.04. The van der Waals surface area contributed by atoms with E-state index in [1.54, 1.807) is 0 Å². The number of quaternary nitrogens is 1. The van der Waals surface area contributed by atoms with E-state index in [2.05, 4.69) is 24.3 Å². The molecule has 4 rings (SSSR count). The van der Waals surface area contributed by atoms with Crippen molar-refractivity contribution in [2.24, 2.45) is 0 Å². The Hall–Kier alpha value is -1.43. The fraction of sp³-hybridized carbons (Fsp3) is 0.486. The van der Waals surface area contributed by atoms with Crippen molar-refractivity contribution in [3.05, 3.63) is 83.2 Å². The second kappa shape index (κ2) is 19.2. The van der Waals surface area contributed by atoms with Crippen molar-refractivity contribution < 1.29 is 102 Å². The zero-order chi connectivity index (χ0) is 36.7. The molecule has 2 heterocycles. The van der Waals surface area contributed by atoms with Gasteiger partial charge >= 0.3 is 63.5 Å². The average Bonchev–Trinajstić information content (AvgIpc) is 3.41. The van der Waals surface area contributed by atoms with Gasteiger partial charge in [-0.25, -0.2) is 13.0 Å². The quantitative estimate of drug-likeness (QED) is 0.0281. The molecule has 51 heavy (non-hydrogen) atoms. The van der Waals surface area contributed by atoms with Gasteiger partial charge in [0.2, 0.25) is 0 Å². The van der Waals surface area contributed by atoms with Crippen molar-refractivity contribution in [2.45, 2.75) is 119 Å². The first-order valence-corrected chi connectivity index (χ1v) is 19.1. The summed E-state index contributed by atoms with van der Waals surface area (Å²) in [6.45, 7) is 9.55. The predicted molar refractivity (Wildman–Crippen MR) is 183 cm³/mol. The van der Waals surface area contributed by atoms with Gasteiger partial charge in [0, 0.05) is 58.8 Å². The minimum absolute atomic E-state index is 0. The van der Waals surface area contributed by atoms with E-state index in [4.69, 9.17) is 0 Å². The van der Waals surface area contributed by atoms with Crippen LogP contribution in [0.4, 0.5) is 14.5 Å². The number of benzene rings is 1. The number of fused-ring (bicyclic) bond motifs is 2. The number of hydrogen-bond acceptors (Lipinski definition) is 8. The molecule has 2 aromatic rings. The molecule has 1 aromatic carbocycles. The summed E-state index contributed by atoms with van der Waals surface area (Å²) in [6, 6.07) is 4.76. The molecular weight excluding hydrogens is 726 g/mol. The molecule has 0 saturated heterocycles. The molecule has 1 aromatic heterocycles. The number of pyridine rings is 1. The third-order valence-electron chi connectivity index (χ3n) is 10.1. The van der Waals surface area contributed by atoms with E-state index in [-0.39, 0.29) is 80.6 Å². The summed E-state index contributed by atoms with van der Waals surface area (Å²) < 4.78 is 67.4. The van der Waals surface area contributed by atoms with Crippen LogP contribution < -0.4 is 66.1 Å². The fourth-order valence-corrected chi connectivity index (χ4v) is 8.19. The number of rotatable bonds is 18. The molecule has 0 bridgehead atoms. The Balaban J connectivity index is 0.00000702. The molecule has 14 heteroatoms. The van der Waals surface area contributed by atoms with E-state index in [0.717, 1.165) is 64.4 Å². The number of nitrogens with one attached hydrogen (secondary N) is 1. The molecule has 2 aliphatic rings. The van der Waals surface area contributed by atoms with Gasteiger partial charge in [-0.15, -0.1) is 0 Å². The molecule has 272 valence electrons. The van der Waals surface area contributed by atoms with Crippen LogP contribution in [-0.4, -0.2) is 37.6 Å². The minimum atomic E-state index is -4.70. The van der Waals surface area contributed by atoms with Crippen molar-refractivity contribution >= 4 is 39.9 Å². The minimum Gasteiger partial charge on any atom is -0.744 e. The number of halogens is 2. The number of allylic oxidation sites excluding steroid dienone is 5. The van der Waals surface area contributed by atoms with E-state index >= 15 is 0 Å². The molecular formula is C37H46F2KN2O7S2+. The first-order chi connectivity index (χ1) is 23.6.